The lowest BCUT2D eigenvalue weighted by molar-refractivity contribution is 0.145. The van der Waals surface area contributed by atoms with Crippen molar-refractivity contribution in [3.05, 3.63) is 29.8 Å². The summed E-state index contributed by atoms with van der Waals surface area (Å²) >= 11 is 0. The van der Waals surface area contributed by atoms with E-state index in [0.29, 0.717) is 19.1 Å². The second-order valence-corrected chi connectivity index (χ2v) is 4.29. The van der Waals surface area contributed by atoms with E-state index in [2.05, 4.69) is 13.8 Å². The zero-order chi connectivity index (χ0) is 12.7. The molecule has 0 aromatic heterocycles. The number of ether oxygens (including phenoxy) is 2. The van der Waals surface area contributed by atoms with Gasteiger partial charge in [0.2, 0.25) is 0 Å². The zero-order valence-electron chi connectivity index (χ0n) is 11.0. The molecule has 0 aliphatic carbocycles. The maximum Gasteiger partial charge on any atom is 0.124 e. The van der Waals surface area contributed by atoms with Gasteiger partial charge in [0.15, 0.2) is 0 Å². The quantitative estimate of drug-likeness (QED) is 0.742. The van der Waals surface area contributed by atoms with E-state index in [-0.39, 0.29) is 6.04 Å². The molecule has 0 saturated heterocycles. The van der Waals surface area contributed by atoms with E-state index in [9.17, 15) is 0 Å². The summed E-state index contributed by atoms with van der Waals surface area (Å²) in [6.07, 6.45) is 1.06. The number of benzene rings is 1. The first-order chi connectivity index (χ1) is 8.20. The van der Waals surface area contributed by atoms with E-state index in [1.807, 2.05) is 24.3 Å². The molecule has 0 aliphatic rings. The number of methoxy groups -OCH3 is 1. The van der Waals surface area contributed by atoms with Crippen molar-refractivity contribution in [3.8, 4) is 5.75 Å². The maximum absolute atomic E-state index is 6.24. The summed E-state index contributed by atoms with van der Waals surface area (Å²) < 4.78 is 10.7. The van der Waals surface area contributed by atoms with E-state index in [1.165, 1.54) is 0 Å². The molecule has 1 rings (SSSR count). The average Bonchev–Trinajstić information content (AvgIpc) is 2.38. The number of para-hydroxylation sites is 1. The molecule has 0 amide bonds. The second-order valence-electron chi connectivity index (χ2n) is 4.29. The Morgan fingerprint density at radius 3 is 2.59 bits per heavy atom. The smallest absolute Gasteiger partial charge is 0.124 e. The highest BCUT2D eigenvalue weighted by Crippen LogP contribution is 2.29. The molecule has 96 valence electrons. The highest BCUT2D eigenvalue weighted by Gasteiger charge is 2.16. The Labute approximate surface area is 104 Å². The van der Waals surface area contributed by atoms with Crippen molar-refractivity contribution in [2.75, 3.05) is 20.3 Å². The van der Waals surface area contributed by atoms with Gasteiger partial charge in [-0.1, -0.05) is 38.5 Å². The SMILES string of the molecule is CCC(C)C(N)c1ccccc1OCCOC. The Morgan fingerprint density at radius 2 is 1.94 bits per heavy atom. The van der Waals surface area contributed by atoms with Crippen molar-refractivity contribution in [1.29, 1.82) is 0 Å². The fraction of sp³-hybridized carbons (Fsp3) is 0.571. The summed E-state index contributed by atoms with van der Waals surface area (Å²) in [5.74, 6) is 1.32. The minimum absolute atomic E-state index is 0.0266. The largest absolute Gasteiger partial charge is 0.491 e. The molecule has 2 N–H and O–H groups in total. The first-order valence-corrected chi connectivity index (χ1v) is 6.17. The summed E-state index contributed by atoms with van der Waals surface area (Å²) in [4.78, 5) is 0. The van der Waals surface area contributed by atoms with Crippen LogP contribution in [0.1, 0.15) is 31.9 Å². The molecule has 0 fully saturated rings. The Morgan fingerprint density at radius 1 is 1.24 bits per heavy atom. The molecule has 0 radical (unpaired) electrons. The van der Waals surface area contributed by atoms with E-state index in [1.54, 1.807) is 7.11 Å². The van der Waals surface area contributed by atoms with Crippen LogP contribution in [-0.4, -0.2) is 20.3 Å². The fourth-order valence-electron chi connectivity index (χ4n) is 1.68. The predicted molar refractivity (Wildman–Crippen MR) is 70.2 cm³/mol. The van der Waals surface area contributed by atoms with Crippen molar-refractivity contribution in [1.82, 2.24) is 0 Å². The Balaban J connectivity index is 2.76. The lowest BCUT2D eigenvalue weighted by atomic mass is 9.93. The van der Waals surface area contributed by atoms with Crippen LogP contribution < -0.4 is 10.5 Å². The van der Waals surface area contributed by atoms with Gasteiger partial charge in [-0.3, -0.25) is 0 Å². The van der Waals surface area contributed by atoms with Crippen LogP contribution in [-0.2, 0) is 4.74 Å². The summed E-state index contributed by atoms with van der Waals surface area (Å²) in [7, 11) is 1.67. The maximum atomic E-state index is 6.24. The van der Waals surface area contributed by atoms with Crippen LogP contribution in [0.15, 0.2) is 24.3 Å². The second kappa shape index (κ2) is 7.30. The van der Waals surface area contributed by atoms with Crippen molar-refractivity contribution in [2.24, 2.45) is 11.7 Å². The topological polar surface area (TPSA) is 44.5 Å². The molecule has 3 nitrogen and oxygen atoms in total. The van der Waals surface area contributed by atoms with Gasteiger partial charge in [0, 0.05) is 18.7 Å². The lowest BCUT2D eigenvalue weighted by Crippen LogP contribution is -2.20. The van der Waals surface area contributed by atoms with E-state index >= 15 is 0 Å². The molecule has 1 aromatic rings. The molecular weight excluding hydrogens is 214 g/mol. The Bertz CT molecular complexity index is 328. The van der Waals surface area contributed by atoms with Crippen LogP contribution >= 0.6 is 0 Å². The van der Waals surface area contributed by atoms with Gasteiger partial charge < -0.3 is 15.2 Å². The summed E-state index contributed by atoms with van der Waals surface area (Å²) in [6, 6.07) is 8.00. The number of nitrogens with two attached hydrogens (primary N) is 1. The van der Waals surface area contributed by atoms with E-state index < -0.39 is 0 Å². The highest BCUT2D eigenvalue weighted by atomic mass is 16.5. The molecule has 0 saturated carbocycles. The fourth-order valence-corrected chi connectivity index (χ4v) is 1.68. The van der Waals surface area contributed by atoms with E-state index in [4.69, 9.17) is 15.2 Å². The van der Waals surface area contributed by atoms with Gasteiger partial charge >= 0.3 is 0 Å². The molecule has 0 aliphatic heterocycles. The minimum Gasteiger partial charge on any atom is -0.491 e. The van der Waals surface area contributed by atoms with Gasteiger partial charge in [0.05, 0.1) is 6.61 Å². The van der Waals surface area contributed by atoms with Crippen molar-refractivity contribution >= 4 is 0 Å². The predicted octanol–water partition coefficient (Wildman–Crippen LogP) is 2.76. The summed E-state index contributed by atoms with van der Waals surface area (Å²) in [5.41, 5.74) is 7.32. The third-order valence-corrected chi connectivity index (χ3v) is 3.08. The van der Waals surface area contributed by atoms with Gasteiger partial charge in [0.1, 0.15) is 12.4 Å². The van der Waals surface area contributed by atoms with Gasteiger partial charge in [-0.15, -0.1) is 0 Å². The first kappa shape index (κ1) is 14.0. The van der Waals surface area contributed by atoms with Gasteiger partial charge in [0.25, 0.3) is 0 Å². The molecule has 0 bridgehead atoms. The van der Waals surface area contributed by atoms with Crippen molar-refractivity contribution < 1.29 is 9.47 Å². The van der Waals surface area contributed by atoms with Crippen LogP contribution in [0, 0.1) is 5.92 Å². The zero-order valence-corrected chi connectivity index (χ0v) is 11.0. The Kier molecular flexibility index (Phi) is 6.01. The molecule has 0 spiro atoms. The molecule has 1 aromatic carbocycles. The van der Waals surface area contributed by atoms with Gasteiger partial charge in [-0.2, -0.15) is 0 Å². The molecule has 17 heavy (non-hydrogen) atoms. The number of rotatable bonds is 7. The monoisotopic (exact) mass is 237 g/mol. The van der Waals surface area contributed by atoms with E-state index in [0.717, 1.165) is 17.7 Å². The van der Waals surface area contributed by atoms with Crippen LogP contribution in [0.5, 0.6) is 5.75 Å². The highest BCUT2D eigenvalue weighted by molar-refractivity contribution is 5.36. The molecular formula is C14H23NO2. The number of hydrogen-bond acceptors (Lipinski definition) is 3. The summed E-state index contributed by atoms with van der Waals surface area (Å²) in [6.45, 7) is 5.46. The van der Waals surface area contributed by atoms with Crippen molar-refractivity contribution in [3.63, 3.8) is 0 Å². The van der Waals surface area contributed by atoms with Crippen LogP contribution in [0.2, 0.25) is 0 Å². The van der Waals surface area contributed by atoms with Crippen molar-refractivity contribution in [2.45, 2.75) is 26.3 Å². The lowest BCUT2D eigenvalue weighted by Gasteiger charge is -2.21. The minimum atomic E-state index is 0.0266. The molecule has 0 heterocycles. The molecule has 3 heteroatoms. The number of hydrogen-bond donors (Lipinski definition) is 1. The standard InChI is InChI=1S/C14H23NO2/c1-4-11(2)14(15)12-7-5-6-8-13(12)17-10-9-16-3/h5-8,11,14H,4,9-10,15H2,1-3H3. The normalized spacial score (nSPS) is 14.4. The van der Waals surface area contributed by atoms with Crippen LogP contribution in [0.4, 0.5) is 0 Å². The molecule has 2 atom stereocenters. The first-order valence-electron chi connectivity index (χ1n) is 6.17. The van der Waals surface area contributed by atoms with Gasteiger partial charge in [-0.25, -0.2) is 0 Å². The van der Waals surface area contributed by atoms with Crippen LogP contribution in [0.3, 0.4) is 0 Å². The Hall–Kier alpha value is -1.06. The molecule has 2 unspecified atom stereocenters. The van der Waals surface area contributed by atoms with Crippen LogP contribution in [0.25, 0.3) is 0 Å². The third kappa shape index (κ3) is 4.02. The van der Waals surface area contributed by atoms with Gasteiger partial charge in [-0.05, 0) is 12.0 Å². The summed E-state index contributed by atoms with van der Waals surface area (Å²) in [5, 5.41) is 0. The third-order valence-electron chi connectivity index (χ3n) is 3.08. The average molecular weight is 237 g/mol.